The van der Waals surface area contributed by atoms with E-state index >= 15 is 0 Å². The molecule has 1 N–H and O–H groups in total. The first-order valence-electron chi connectivity index (χ1n) is 5.35. The number of hydrogen-bond acceptors (Lipinski definition) is 4. The molecule has 15 heavy (non-hydrogen) atoms. The molecule has 86 valence electrons. The van der Waals surface area contributed by atoms with E-state index in [2.05, 4.69) is 45.0 Å². The summed E-state index contributed by atoms with van der Waals surface area (Å²) in [7, 11) is 0. The topological polar surface area (TPSA) is 28.2 Å². The van der Waals surface area contributed by atoms with Crippen molar-refractivity contribution in [2.45, 2.75) is 20.3 Å². The zero-order chi connectivity index (χ0) is 11.1. The maximum absolute atomic E-state index is 4.31. The molecule has 5 heteroatoms. The molecule has 2 heterocycles. The van der Waals surface area contributed by atoms with Crippen LogP contribution in [0.2, 0.25) is 0 Å². The Hall–Kier alpha value is -0.130. The van der Waals surface area contributed by atoms with Crippen molar-refractivity contribution in [1.82, 2.24) is 10.3 Å². The summed E-state index contributed by atoms with van der Waals surface area (Å²) < 4.78 is 1.11. The number of nitrogens with one attached hydrogen (secondary N) is 1. The van der Waals surface area contributed by atoms with Crippen LogP contribution in [-0.2, 0) is 0 Å². The van der Waals surface area contributed by atoms with Crippen molar-refractivity contribution in [2.24, 2.45) is 0 Å². The molecule has 0 unspecified atom stereocenters. The Morgan fingerprint density at radius 1 is 1.47 bits per heavy atom. The summed E-state index contributed by atoms with van der Waals surface area (Å²) in [6.07, 6.45) is 3.11. The zero-order valence-corrected chi connectivity index (χ0v) is 11.7. The van der Waals surface area contributed by atoms with Crippen molar-refractivity contribution in [3.8, 4) is 0 Å². The molecule has 1 aromatic heterocycles. The van der Waals surface area contributed by atoms with E-state index in [-0.39, 0.29) is 0 Å². The molecular formula is C10H18BrN3S. The van der Waals surface area contributed by atoms with E-state index in [1.54, 1.807) is 11.3 Å². The van der Waals surface area contributed by atoms with Gasteiger partial charge in [0, 0.05) is 26.2 Å². The first kappa shape index (κ1) is 12.9. The molecule has 1 aromatic rings. The lowest BCUT2D eigenvalue weighted by Crippen LogP contribution is -2.43. The minimum absolute atomic E-state index is 1.07. The van der Waals surface area contributed by atoms with Gasteiger partial charge in [-0.05, 0) is 15.9 Å². The number of piperazine rings is 1. The van der Waals surface area contributed by atoms with Gasteiger partial charge in [0.05, 0.1) is 9.98 Å². The van der Waals surface area contributed by atoms with Gasteiger partial charge in [0.25, 0.3) is 0 Å². The molecule has 0 spiro atoms. The van der Waals surface area contributed by atoms with Gasteiger partial charge in [-0.1, -0.05) is 31.6 Å². The molecule has 0 saturated carbocycles. The number of aromatic nitrogens is 1. The largest absolute Gasteiger partial charge is 0.346 e. The van der Waals surface area contributed by atoms with Crippen molar-refractivity contribution in [2.75, 3.05) is 31.1 Å². The summed E-state index contributed by atoms with van der Waals surface area (Å²) >= 11 is 5.11. The number of halogens is 1. The van der Waals surface area contributed by atoms with Gasteiger partial charge in [0.1, 0.15) is 0 Å². The quantitative estimate of drug-likeness (QED) is 0.862. The highest BCUT2D eigenvalue weighted by Crippen LogP contribution is 2.26. The van der Waals surface area contributed by atoms with E-state index in [0.29, 0.717) is 0 Å². The van der Waals surface area contributed by atoms with Crippen LogP contribution in [0.25, 0.3) is 0 Å². The predicted molar refractivity (Wildman–Crippen MR) is 70.9 cm³/mol. The van der Waals surface area contributed by atoms with Gasteiger partial charge in [0.15, 0.2) is 5.13 Å². The van der Waals surface area contributed by atoms with Crippen LogP contribution in [0.4, 0.5) is 5.13 Å². The van der Waals surface area contributed by atoms with E-state index in [1.807, 2.05) is 6.20 Å². The molecule has 0 bridgehead atoms. The standard InChI is InChI=1S/C7H10BrN3S.C3H8/c8-6-5-10-7(12-6)11-3-1-9-2-4-11;1-3-2/h5,9H,1-4H2;3H2,1-2H3. The number of anilines is 1. The summed E-state index contributed by atoms with van der Waals surface area (Å²) in [6.45, 7) is 8.52. The second-order valence-corrected chi connectivity index (χ2v) is 5.78. The summed E-state index contributed by atoms with van der Waals surface area (Å²) in [5.41, 5.74) is 0. The maximum atomic E-state index is 4.31. The minimum atomic E-state index is 1.07. The summed E-state index contributed by atoms with van der Waals surface area (Å²) in [6, 6.07) is 0. The molecule has 0 amide bonds. The van der Waals surface area contributed by atoms with E-state index in [9.17, 15) is 0 Å². The van der Waals surface area contributed by atoms with Crippen molar-refractivity contribution in [1.29, 1.82) is 0 Å². The second kappa shape index (κ2) is 7.19. The number of nitrogens with zero attached hydrogens (tertiary/aromatic N) is 2. The highest BCUT2D eigenvalue weighted by atomic mass is 79.9. The Bertz CT molecular complexity index is 271. The van der Waals surface area contributed by atoms with E-state index in [1.165, 1.54) is 6.42 Å². The molecule has 0 aromatic carbocycles. The summed E-state index contributed by atoms with van der Waals surface area (Å²) in [5.74, 6) is 0. The summed E-state index contributed by atoms with van der Waals surface area (Å²) in [5, 5.41) is 4.44. The first-order chi connectivity index (χ1) is 7.27. The van der Waals surface area contributed by atoms with Gasteiger partial charge >= 0.3 is 0 Å². The van der Waals surface area contributed by atoms with E-state index in [0.717, 1.165) is 35.1 Å². The first-order valence-corrected chi connectivity index (χ1v) is 6.95. The number of rotatable bonds is 1. The SMILES string of the molecule is Brc1cnc(N2CCNCC2)s1.CCC. The average Bonchev–Trinajstić information content (AvgIpc) is 2.67. The van der Waals surface area contributed by atoms with Crippen LogP contribution in [0, 0.1) is 0 Å². The van der Waals surface area contributed by atoms with E-state index < -0.39 is 0 Å². The average molecular weight is 292 g/mol. The number of thiazole rings is 1. The fourth-order valence-corrected chi connectivity index (χ4v) is 2.48. The van der Waals surface area contributed by atoms with Crippen LogP contribution in [0.15, 0.2) is 9.98 Å². The Kier molecular flexibility index (Phi) is 6.20. The monoisotopic (exact) mass is 291 g/mol. The van der Waals surface area contributed by atoms with Crippen LogP contribution >= 0.6 is 27.3 Å². The Morgan fingerprint density at radius 2 is 2.07 bits per heavy atom. The van der Waals surface area contributed by atoms with Crippen molar-refractivity contribution < 1.29 is 0 Å². The van der Waals surface area contributed by atoms with Crippen LogP contribution < -0.4 is 10.2 Å². The maximum Gasteiger partial charge on any atom is 0.186 e. The second-order valence-electron chi connectivity index (χ2n) is 3.39. The predicted octanol–water partition coefficient (Wildman–Crippen LogP) is 2.73. The van der Waals surface area contributed by atoms with Gasteiger partial charge in [-0.15, -0.1) is 0 Å². The highest BCUT2D eigenvalue weighted by molar-refractivity contribution is 9.11. The van der Waals surface area contributed by atoms with Crippen molar-refractivity contribution >= 4 is 32.4 Å². The molecule has 3 nitrogen and oxygen atoms in total. The zero-order valence-electron chi connectivity index (χ0n) is 9.29. The number of hydrogen-bond donors (Lipinski definition) is 1. The molecule has 1 saturated heterocycles. The normalized spacial score (nSPS) is 15.8. The third-order valence-corrected chi connectivity index (χ3v) is 3.39. The molecule has 1 fully saturated rings. The molecule has 2 rings (SSSR count). The lowest BCUT2D eigenvalue weighted by atomic mass is 10.4. The summed E-state index contributed by atoms with van der Waals surface area (Å²) in [4.78, 5) is 6.62. The van der Waals surface area contributed by atoms with Gasteiger partial charge in [-0.25, -0.2) is 4.98 Å². The van der Waals surface area contributed by atoms with Gasteiger partial charge in [0.2, 0.25) is 0 Å². The Balaban J connectivity index is 0.000000337. The fourth-order valence-electron chi connectivity index (χ4n) is 1.25. The molecule has 0 radical (unpaired) electrons. The molecule has 0 atom stereocenters. The van der Waals surface area contributed by atoms with Crippen molar-refractivity contribution in [3.63, 3.8) is 0 Å². The molecule has 1 aliphatic rings. The molecular weight excluding hydrogens is 274 g/mol. The molecule has 0 aliphatic carbocycles. The smallest absolute Gasteiger partial charge is 0.186 e. The Morgan fingerprint density at radius 3 is 2.53 bits per heavy atom. The fraction of sp³-hybridized carbons (Fsp3) is 0.700. The molecule has 1 aliphatic heterocycles. The third kappa shape index (κ3) is 4.49. The third-order valence-electron chi connectivity index (χ3n) is 1.85. The lowest BCUT2D eigenvalue weighted by molar-refractivity contribution is 0.588. The lowest BCUT2D eigenvalue weighted by Gasteiger charge is -2.26. The Labute approximate surface area is 104 Å². The highest BCUT2D eigenvalue weighted by Gasteiger charge is 2.12. The van der Waals surface area contributed by atoms with Crippen LogP contribution in [-0.4, -0.2) is 31.2 Å². The van der Waals surface area contributed by atoms with Crippen LogP contribution in [0.5, 0.6) is 0 Å². The van der Waals surface area contributed by atoms with Gasteiger partial charge < -0.3 is 10.2 Å². The van der Waals surface area contributed by atoms with Gasteiger partial charge in [-0.2, -0.15) is 0 Å². The van der Waals surface area contributed by atoms with Crippen molar-refractivity contribution in [3.05, 3.63) is 9.98 Å². The van der Waals surface area contributed by atoms with Crippen LogP contribution in [0.1, 0.15) is 20.3 Å². The van der Waals surface area contributed by atoms with Crippen LogP contribution in [0.3, 0.4) is 0 Å². The van der Waals surface area contributed by atoms with E-state index in [4.69, 9.17) is 0 Å². The minimum Gasteiger partial charge on any atom is -0.346 e. The van der Waals surface area contributed by atoms with Gasteiger partial charge in [-0.3, -0.25) is 0 Å².